The minimum atomic E-state index is -1.11. The van der Waals surface area contributed by atoms with Crippen molar-refractivity contribution in [2.45, 2.75) is 51.5 Å². The van der Waals surface area contributed by atoms with Gasteiger partial charge in [0.1, 0.15) is 5.54 Å². The van der Waals surface area contributed by atoms with Gasteiger partial charge in [-0.05, 0) is 38.5 Å². The number of carboxylic acids is 1. The van der Waals surface area contributed by atoms with Crippen LogP contribution in [-0.4, -0.2) is 54.4 Å². The Morgan fingerprint density at radius 3 is 2.43 bits per heavy atom. The quantitative estimate of drug-likeness (QED) is 0.706. The zero-order valence-electron chi connectivity index (χ0n) is 13.4. The molecule has 2 N–H and O–H groups in total. The van der Waals surface area contributed by atoms with E-state index in [-0.39, 0.29) is 6.03 Å². The number of ether oxygens (including phenoxy) is 1. The molecule has 6 heteroatoms. The van der Waals surface area contributed by atoms with Gasteiger partial charge >= 0.3 is 12.0 Å². The average molecular weight is 300 g/mol. The number of nitrogens with zero attached hydrogens (tertiary/aromatic N) is 1. The minimum absolute atomic E-state index is 0.341. The number of carbonyl (C=O) groups is 2. The molecule has 0 aromatic rings. The molecule has 0 spiro atoms. The summed E-state index contributed by atoms with van der Waals surface area (Å²) < 4.78 is 5.21. The molecule has 1 rings (SSSR count). The van der Waals surface area contributed by atoms with Crippen LogP contribution in [0.3, 0.4) is 0 Å². The van der Waals surface area contributed by atoms with Crippen molar-refractivity contribution in [2.24, 2.45) is 5.92 Å². The van der Waals surface area contributed by atoms with E-state index in [0.29, 0.717) is 38.5 Å². The number of hydrogen-bond acceptors (Lipinski definition) is 3. The van der Waals surface area contributed by atoms with Gasteiger partial charge in [0.15, 0.2) is 0 Å². The van der Waals surface area contributed by atoms with E-state index in [1.54, 1.807) is 7.05 Å². The molecule has 122 valence electrons. The molecule has 1 saturated carbocycles. The van der Waals surface area contributed by atoms with Crippen LogP contribution in [0.2, 0.25) is 0 Å². The zero-order chi connectivity index (χ0) is 15.9. The molecule has 1 aliphatic rings. The fraction of sp³-hybridized carbons (Fsp3) is 0.867. The lowest BCUT2D eigenvalue weighted by atomic mass is 9.75. The van der Waals surface area contributed by atoms with Crippen LogP contribution >= 0.6 is 0 Å². The fourth-order valence-corrected chi connectivity index (χ4v) is 2.72. The Labute approximate surface area is 126 Å². The van der Waals surface area contributed by atoms with E-state index < -0.39 is 11.5 Å². The van der Waals surface area contributed by atoms with Crippen LogP contribution in [0.5, 0.6) is 0 Å². The van der Waals surface area contributed by atoms with Crippen LogP contribution in [0.4, 0.5) is 4.79 Å². The highest BCUT2D eigenvalue weighted by atomic mass is 16.5. The average Bonchev–Trinajstić information content (AvgIpc) is 2.47. The second kappa shape index (κ2) is 8.22. The maximum absolute atomic E-state index is 12.2. The molecule has 0 atom stereocenters. The molecule has 2 amide bonds. The number of aliphatic carboxylic acids is 1. The van der Waals surface area contributed by atoms with Crippen molar-refractivity contribution in [1.82, 2.24) is 10.2 Å². The molecule has 6 nitrogen and oxygen atoms in total. The monoisotopic (exact) mass is 300 g/mol. The summed E-state index contributed by atoms with van der Waals surface area (Å²) in [5.41, 5.74) is -1.11. The third-order valence-electron chi connectivity index (χ3n) is 4.41. The number of likely N-dealkylation sites (N-methyl/N-ethyl adjacent to an activating group) is 1. The number of carbonyl (C=O) groups excluding carboxylic acids is 1. The van der Waals surface area contributed by atoms with Gasteiger partial charge in [0.05, 0.1) is 6.61 Å². The molecule has 0 bridgehead atoms. The van der Waals surface area contributed by atoms with Crippen LogP contribution in [-0.2, 0) is 9.53 Å². The molecule has 0 aromatic carbocycles. The number of hydrogen-bond donors (Lipinski definition) is 2. The maximum Gasteiger partial charge on any atom is 0.329 e. The predicted molar refractivity (Wildman–Crippen MR) is 80.3 cm³/mol. The fourth-order valence-electron chi connectivity index (χ4n) is 2.72. The highest BCUT2D eigenvalue weighted by molar-refractivity contribution is 5.86. The summed E-state index contributed by atoms with van der Waals surface area (Å²) >= 11 is 0. The lowest BCUT2D eigenvalue weighted by Gasteiger charge is -2.38. The summed E-state index contributed by atoms with van der Waals surface area (Å²) in [5.74, 6) is -0.353. The standard InChI is InChI=1S/C15H28N2O4/c1-4-12-6-8-15(9-7-12,13(18)19)16-14(20)17(3)10-11-21-5-2/h12H,4-11H2,1-3H3,(H,16,20)(H,18,19). The molecule has 0 aromatic heterocycles. The Bertz CT molecular complexity index is 352. The van der Waals surface area contributed by atoms with Crippen molar-refractivity contribution < 1.29 is 19.4 Å². The van der Waals surface area contributed by atoms with Gasteiger partial charge in [0.2, 0.25) is 0 Å². The van der Waals surface area contributed by atoms with Crippen molar-refractivity contribution in [1.29, 1.82) is 0 Å². The van der Waals surface area contributed by atoms with Gasteiger partial charge in [-0.15, -0.1) is 0 Å². The topological polar surface area (TPSA) is 78.9 Å². The van der Waals surface area contributed by atoms with E-state index in [1.165, 1.54) is 4.90 Å². The second-order valence-corrected chi connectivity index (χ2v) is 5.79. The minimum Gasteiger partial charge on any atom is -0.480 e. The summed E-state index contributed by atoms with van der Waals surface area (Å²) in [6.07, 6.45) is 3.78. The normalized spacial score (nSPS) is 25.4. The van der Waals surface area contributed by atoms with Crippen LogP contribution < -0.4 is 5.32 Å². The molecule has 0 radical (unpaired) electrons. The van der Waals surface area contributed by atoms with E-state index in [9.17, 15) is 14.7 Å². The van der Waals surface area contributed by atoms with Crippen LogP contribution in [0, 0.1) is 5.92 Å². The Hall–Kier alpha value is -1.30. The van der Waals surface area contributed by atoms with Crippen LogP contribution in [0.25, 0.3) is 0 Å². The highest BCUT2D eigenvalue weighted by Crippen LogP contribution is 2.34. The Balaban J connectivity index is 2.58. The molecule has 0 saturated heterocycles. The van der Waals surface area contributed by atoms with E-state index in [1.807, 2.05) is 6.92 Å². The summed E-state index contributed by atoms with van der Waals surface area (Å²) in [4.78, 5) is 25.3. The highest BCUT2D eigenvalue weighted by Gasteiger charge is 2.43. The Morgan fingerprint density at radius 1 is 1.33 bits per heavy atom. The molecule has 21 heavy (non-hydrogen) atoms. The number of rotatable bonds is 7. The first-order valence-corrected chi connectivity index (χ1v) is 7.79. The first kappa shape index (κ1) is 17.8. The van der Waals surface area contributed by atoms with Gasteiger partial charge in [0, 0.05) is 20.2 Å². The lowest BCUT2D eigenvalue weighted by molar-refractivity contribution is -0.146. The molecule has 1 fully saturated rings. The Morgan fingerprint density at radius 2 is 1.95 bits per heavy atom. The first-order valence-electron chi connectivity index (χ1n) is 7.79. The maximum atomic E-state index is 12.2. The van der Waals surface area contributed by atoms with E-state index in [2.05, 4.69) is 12.2 Å². The van der Waals surface area contributed by atoms with Crippen LogP contribution in [0.1, 0.15) is 46.0 Å². The molecular formula is C15H28N2O4. The molecule has 0 unspecified atom stereocenters. The van der Waals surface area contributed by atoms with E-state index in [4.69, 9.17) is 4.74 Å². The smallest absolute Gasteiger partial charge is 0.329 e. The van der Waals surface area contributed by atoms with Gasteiger partial charge in [-0.3, -0.25) is 0 Å². The SMILES string of the molecule is CCOCCN(C)C(=O)NC1(C(=O)O)CCC(CC)CC1. The second-order valence-electron chi connectivity index (χ2n) is 5.79. The molecule has 1 aliphatic carbocycles. The van der Waals surface area contributed by atoms with Gasteiger partial charge in [-0.2, -0.15) is 0 Å². The Kier molecular flexibility index (Phi) is 6.95. The van der Waals surface area contributed by atoms with Gasteiger partial charge in [0.25, 0.3) is 0 Å². The molecular weight excluding hydrogens is 272 g/mol. The molecule has 0 heterocycles. The summed E-state index contributed by atoms with van der Waals surface area (Å²) in [5, 5.41) is 12.3. The third-order valence-corrected chi connectivity index (χ3v) is 4.41. The van der Waals surface area contributed by atoms with Gasteiger partial charge in [-0.25, -0.2) is 9.59 Å². The third kappa shape index (κ3) is 4.88. The molecule has 0 aliphatic heterocycles. The zero-order valence-corrected chi connectivity index (χ0v) is 13.4. The van der Waals surface area contributed by atoms with Crippen molar-refractivity contribution in [3.05, 3.63) is 0 Å². The van der Waals surface area contributed by atoms with E-state index in [0.717, 1.165) is 19.3 Å². The lowest BCUT2D eigenvalue weighted by Crippen LogP contribution is -2.59. The number of amides is 2. The van der Waals surface area contributed by atoms with Crippen molar-refractivity contribution >= 4 is 12.0 Å². The van der Waals surface area contributed by atoms with Gasteiger partial charge < -0.3 is 20.1 Å². The van der Waals surface area contributed by atoms with Crippen molar-refractivity contribution in [3.8, 4) is 0 Å². The van der Waals surface area contributed by atoms with Crippen LogP contribution in [0.15, 0.2) is 0 Å². The van der Waals surface area contributed by atoms with E-state index >= 15 is 0 Å². The largest absolute Gasteiger partial charge is 0.480 e. The number of urea groups is 1. The number of carboxylic acid groups (broad SMARTS) is 1. The summed E-state index contributed by atoms with van der Waals surface area (Å²) in [6, 6.07) is -0.341. The van der Waals surface area contributed by atoms with Crippen molar-refractivity contribution in [3.63, 3.8) is 0 Å². The van der Waals surface area contributed by atoms with Crippen molar-refractivity contribution in [2.75, 3.05) is 26.8 Å². The van der Waals surface area contributed by atoms with Gasteiger partial charge in [-0.1, -0.05) is 13.3 Å². The summed E-state index contributed by atoms with van der Waals surface area (Å²) in [6.45, 7) is 5.53. The predicted octanol–water partition coefficient (Wildman–Crippen LogP) is 2.09. The summed E-state index contributed by atoms with van der Waals surface area (Å²) in [7, 11) is 1.65. The number of nitrogens with one attached hydrogen (secondary N) is 1. The first-order chi connectivity index (χ1) is 9.95.